The molecule has 0 aromatic heterocycles. The zero-order chi connectivity index (χ0) is 17.0. The third-order valence-corrected chi connectivity index (χ3v) is 3.58. The van der Waals surface area contributed by atoms with Crippen molar-refractivity contribution in [1.29, 1.82) is 0 Å². The van der Waals surface area contributed by atoms with Gasteiger partial charge < -0.3 is 14.2 Å². The molecule has 0 radical (unpaired) electrons. The normalized spacial score (nSPS) is 14.1. The molecule has 22 heavy (non-hydrogen) atoms. The van der Waals surface area contributed by atoms with E-state index >= 15 is 0 Å². The van der Waals surface area contributed by atoms with Crippen LogP contribution in [-0.2, 0) is 29.6 Å². The van der Waals surface area contributed by atoms with Gasteiger partial charge in [0.2, 0.25) is 5.79 Å². The minimum Gasteiger partial charge on any atom is -0.435 e. The number of benzene rings is 1. The maximum absolute atomic E-state index is 12.1. The van der Waals surface area contributed by atoms with Crippen LogP contribution in [-0.4, -0.2) is 41.6 Å². The molecule has 0 aliphatic heterocycles. The fourth-order valence-electron chi connectivity index (χ4n) is 2.08. The molecule has 9 heteroatoms. The average Bonchev–Trinajstić information content (AvgIpc) is 2.40. The Bertz CT molecular complexity index is 569. The van der Waals surface area contributed by atoms with Gasteiger partial charge in [0, 0.05) is 19.8 Å². The van der Waals surface area contributed by atoms with Crippen molar-refractivity contribution < 1.29 is 35.6 Å². The molecule has 0 saturated heterocycles. The Morgan fingerprint density at radius 1 is 1.09 bits per heavy atom. The zero-order valence-electron chi connectivity index (χ0n) is 12.6. The van der Waals surface area contributed by atoms with Crippen molar-refractivity contribution in [3.63, 3.8) is 0 Å². The molecule has 0 saturated carbocycles. The van der Waals surface area contributed by atoms with E-state index in [0.29, 0.717) is 5.56 Å². The molecule has 0 amide bonds. The Labute approximate surface area is 128 Å². The summed E-state index contributed by atoms with van der Waals surface area (Å²) in [4.78, 5) is 0. The van der Waals surface area contributed by atoms with E-state index in [1.807, 2.05) is 0 Å². The molecule has 0 heterocycles. The molecule has 1 rings (SSSR count). The lowest BCUT2D eigenvalue weighted by Crippen LogP contribution is -2.44. The first-order chi connectivity index (χ1) is 10.1. The average molecular weight is 340 g/mol. The quantitative estimate of drug-likeness (QED) is 0.533. The van der Waals surface area contributed by atoms with E-state index in [2.05, 4.69) is 4.74 Å². The molecule has 0 aliphatic carbocycles. The minimum atomic E-state index is -3.74. The molecule has 1 aromatic carbocycles. The number of alkyl halides is 2. The van der Waals surface area contributed by atoms with E-state index in [1.54, 1.807) is 0 Å². The van der Waals surface area contributed by atoms with E-state index in [9.17, 15) is 17.2 Å². The van der Waals surface area contributed by atoms with Gasteiger partial charge in [0.1, 0.15) is 11.9 Å². The van der Waals surface area contributed by atoms with Gasteiger partial charge in [0.25, 0.3) is 10.1 Å². The third-order valence-electron chi connectivity index (χ3n) is 2.94. The summed E-state index contributed by atoms with van der Waals surface area (Å²) < 4.78 is 66.6. The summed E-state index contributed by atoms with van der Waals surface area (Å²) in [6.07, 6.45) is -0.113. The first kappa shape index (κ1) is 18.8. The Morgan fingerprint density at radius 3 is 1.95 bits per heavy atom. The number of hydrogen-bond donors (Lipinski definition) is 0. The van der Waals surface area contributed by atoms with Gasteiger partial charge in [-0.05, 0) is 31.2 Å². The molecule has 1 atom stereocenters. The van der Waals surface area contributed by atoms with Crippen LogP contribution in [0.15, 0.2) is 24.3 Å². The van der Waals surface area contributed by atoms with Crippen LogP contribution < -0.4 is 4.74 Å². The van der Waals surface area contributed by atoms with Crippen LogP contribution in [0.3, 0.4) is 0 Å². The van der Waals surface area contributed by atoms with Gasteiger partial charge in [-0.1, -0.05) is 0 Å². The first-order valence-corrected chi connectivity index (χ1v) is 8.00. The van der Waals surface area contributed by atoms with Gasteiger partial charge in [-0.2, -0.15) is 17.2 Å². The van der Waals surface area contributed by atoms with Crippen LogP contribution in [0.5, 0.6) is 5.75 Å². The highest BCUT2D eigenvalue weighted by Gasteiger charge is 2.41. The molecule has 0 fully saturated rings. The van der Waals surface area contributed by atoms with Crippen LogP contribution >= 0.6 is 0 Å². The van der Waals surface area contributed by atoms with E-state index in [-0.39, 0.29) is 5.75 Å². The highest BCUT2D eigenvalue weighted by molar-refractivity contribution is 7.86. The molecule has 1 aromatic rings. The molecule has 126 valence electrons. The standard InChI is InChI=1S/C13H18F2O6S/c1-9(21-22(4,16)17)13(18-2,19-3)10-5-7-11(8-6-10)20-12(14)15/h5-9,12H,1-4H3. The number of hydrogen-bond acceptors (Lipinski definition) is 6. The van der Waals surface area contributed by atoms with Crippen LogP contribution in [0.1, 0.15) is 12.5 Å². The number of halogens is 2. The van der Waals surface area contributed by atoms with E-state index in [1.165, 1.54) is 45.4 Å². The monoisotopic (exact) mass is 340 g/mol. The lowest BCUT2D eigenvalue weighted by atomic mass is 10.0. The van der Waals surface area contributed by atoms with Gasteiger partial charge in [0.05, 0.1) is 6.26 Å². The van der Waals surface area contributed by atoms with Gasteiger partial charge in [-0.25, -0.2) is 0 Å². The second-order valence-corrected chi connectivity index (χ2v) is 6.02. The molecule has 6 nitrogen and oxygen atoms in total. The summed E-state index contributed by atoms with van der Waals surface area (Å²) in [5.74, 6) is -1.57. The van der Waals surface area contributed by atoms with Gasteiger partial charge >= 0.3 is 6.61 Å². The summed E-state index contributed by atoms with van der Waals surface area (Å²) in [7, 11) is -1.11. The minimum absolute atomic E-state index is 0.0449. The van der Waals surface area contributed by atoms with Crippen LogP contribution in [0.4, 0.5) is 8.78 Å². The summed E-state index contributed by atoms with van der Waals surface area (Å²) in [6, 6.07) is 5.43. The van der Waals surface area contributed by atoms with E-state index in [0.717, 1.165) is 6.26 Å². The van der Waals surface area contributed by atoms with Crippen molar-refractivity contribution in [1.82, 2.24) is 0 Å². The lowest BCUT2D eigenvalue weighted by Gasteiger charge is -2.35. The third kappa shape index (κ3) is 4.60. The van der Waals surface area contributed by atoms with Crippen molar-refractivity contribution in [3.8, 4) is 5.75 Å². The summed E-state index contributed by atoms with van der Waals surface area (Å²) in [5, 5.41) is 0. The Kier molecular flexibility index (Phi) is 6.24. The summed E-state index contributed by atoms with van der Waals surface area (Å²) in [6.45, 7) is -1.48. The molecule has 1 unspecified atom stereocenters. The summed E-state index contributed by atoms with van der Waals surface area (Å²) >= 11 is 0. The first-order valence-electron chi connectivity index (χ1n) is 6.18. The molecular formula is C13H18F2O6S. The second kappa shape index (κ2) is 7.32. The van der Waals surface area contributed by atoms with E-state index < -0.39 is 28.6 Å². The van der Waals surface area contributed by atoms with Crippen molar-refractivity contribution in [2.75, 3.05) is 20.5 Å². The van der Waals surface area contributed by atoms with Crippen molar-refractivity contribution in [2.45, 2.75) is 25.4 Å². The predicted octanol–water partition coefficient (Wildman–Crippen LogP) is 2.10. The smallest absolute Gasteiger partial charge is 0.387 e. The number of methoxy groups -OCH3 is 2. The topological polar surface area (TPSA) is 71.1 Å². The molecule has 0 bridgehead atoms. The SMILES string of the molecule is COC(OC)(c1ccc(OC(F)F)cc1)C(C)OS(C)(=O)=O. The van der Waals surface area contributed by atoms with Gasteiger partial charge in [-0.3, -0.25) is 4.18 Å². The van der Waals surface area contributed by atoms with Crippen molar-refractivity contribution >= 4 is 10.1 Å². The highest BCUT2D eigenvalue weighted by atomic mass is 32.2. The number of ether oxygens (including phenoxy) is 3. The maximum Gasteiger partial charge on any atom is 0.387 e. The van der Waals surface area contributed by atoms with Gasteiger partial charge in [-0.15, -0.1) is 0 Å². The predicted molar refractivity (Wildman–Crippen MR) is 74.2 cm³/mol. The lowest BCUT2D eigenvalue weighted by molar-refractivity contribution is -0.257. The summed E-state index contributed by atoms with van der Waals surface area (Å²) in [5.41, 5.74) is 0.385. The van der Waals surface area contributed by atoms with Crippen molar-refractivity contribution in [2.24, 2.45) is 0 Å². The highest BCUT2D eigenvalue weighted by Crippen LogP contribution is 2.33. The maximum atomic E-state index is 12.1. The van der Waals surface area contributed by atoms with E-state index in [4.69, 9.17) is 13.7 Å². The zero-order valence-corrected chi connectivity index (χ0v) is 13.4. The molecule has 0 aliphatic rings. The molecule has 0 spiro atoms. The Balaban J connectivity index is 3.13. The van der Waals surface area contributed by atoms with Gasteiger partial charge in [0.15, 0.2) is 0 Å². The van der Waals surface area contributed by atoms with Crippen LogP contribution in [0, 0.1) is 0 Å². The molecular weight excluding hydrogens is 322 g/mol. The largest absolute Gasteiger partial charge is 0.435 e. The van der Waals surface area contributed by atoms with Crippen LogP contribution in [0.25, 0.3) is 0 Å². The fourth-order valence-corrected chi connectivity index (χ4v) is 2.73. The Hall–Kier alpha value is -1.29. The number of rotatable bonds is 8. The second-order valence-electron chi connectivity index (χ2n) is 4.42. The fraction of sp³-hybridized carbons (Fsp3) is 0.538. The van der Waals surface area contributed by atoms with Crippen molar-refractivity contribution in [3.05, 3.63) is 29.8 Å². The Morgan fingerprint density at radius 2 is 1.59 bits per heavy atom. The molecule has 0 N–H and O–H groups in total. The van der Waals surface area contributed by atoms with Crippen LogP contribution in [0.2, 0.25) is 0 Å².